The maximum Gasteiger partial charge on any atom is 0.243 e. The smallest absolute Gasteiger partial charge is 0.243 e. The molecule has 0 aliphatic carbocycles. The largest absolute Gasteiger partial charge is 0.494 e. The number of nitrogens with zero attached hydrogens (tertiary/aromatic N) is 3. The van der Waals surface area contributed by atoms with Crippen LogP contribution in [0.4, 0.5) is 4.39 Å². The Morgan fingerprint density at radius 3 is 2.65 bits per heavy atom. The highest BCUT2D eigenvalue weighted by atomic mass is 127. The van der Waals surface area contributed by atoms with Crippen molar-refractivity contribution in [2.45, 2.75) is 25.4 Å². The summed E-state index contributed by atoms with van der Waals surface area (Å²) in [4.78, 5) is 20.2. The van der Waals surface area contributed by atoms with Crippen LogP contribution in [-0.4, -0.2) is 87.1 Å². The van der Waals surface area contributed by atoms with Crippen LogP contribution in [0.15, 0.2) is 23.2 Å². The van der Waals surface area contributed by atoms with Gasteiger partial charge in [-0.1, -0.05) is 6.07 Å². The van der Waals surface area contributed by atoms with E-state index in [1.807, 2.05) is 6.07 Å². The maximum absolute atomic E-state index is 13.9. The number of nitrogens with one attached hydrogen (secondary N) is 2. The van der Waals surface area contributed by atoms with E-state index in [-0.39, 0.29) is 48.0 Å². The van der Waals surface area contributed by atoms with E-state index in [0.717, 1.165) is 50.3 Å². The van der Waals surface area contributed by atoms with Gasteiger partial charge in [-0.25, -0.2) is 9.38 Å². The molecule has 0 aromatic heterocycles. The van der Waals surface area contributed by atoms with E-state index in [0.29, 0.717) is 12.0 Å². The summed E-state index contributed by atoms with van der Waals surface area (Å²) in [7, 11) is 4.94. The van der Waals surface area contributed by atoms with Crippen LogP contribution in [0.2, 0.25) is 0 Å². The molecule has 1 aromatic rings. The number of ether oxygens (including phenoxy) is 1. The first-order valence-corrected chi connectivity index (χ1v) is 11.6. The van der Waals surface area contributed by atoms with E-state index in [1.165, 1.54) is 7.11 Å². The van der Waals surface area contributed by atoms with Crippen LogP contribution in [0, 0.1) is 5.82 Å². The monoisotopic (exact) mass is 567 g/mol. The number of halogens is 2. The van der Waals surface area contributed by atoms with Gasteiger partial charge in [0, 0.05) is 52.1 Å². The van der Waals surface area contributed by atoms with E-state index in [4.69, 9.17) is 4.74 Å². The minimum absolute atomic E-state index is 0. The summed E-state index contributed by atoms with van der Waals surface area (Å²) in [5.41, 5.74) is 0.947. The summed E-state index contributed by atoms with van der Waals surface area (Å²) in [6, 6.07) is 5.43. The molecule has 2 N–H and O–H groups in total. The molecule has 10 heteroatoms. The number of rotatable bonds is 9. The summed E-state index contributed by atoms with van der Waals surface area (Å²) in [6.45, 7) is 3.48. The van der Waals surface area contributed by atoms with E-state index in [9.17, 15) is 9.18 Å². The first-order chi connectivity index (χ1) is 14.4. The molecule has 176 valence electrons. The summed E-state index contributed by atoms with van der Waals surface area (Å²) in [5.74, 6) is 1.59. The quantitative estimate of drug-likeness (QED) is 0.207. The zero-order valence-electron chi connectivity index (χ0n) is 18.8. The van der Waals surface area contributed by atoms with Gasteiger partial charge >= 0.3 is 0 Å². The van der Waals surface area contributed by atoms with Crippen LogP contribution in [0.3, 0.4) is 0 Å². The molecule has 0 spiro atoms. The summed E-state index contributed by atoms with van der Waals surface area (Å²) < 4.78 is 18.9. The third-order valence-electron chi connectivity index (χ3n) is 5.02. The molecule has 2 rings (SSSR count). The second-order valence-corrected chi connectivity index (χ2v) is 8.52. The zero-order chi connectivity index (χ0) is 21.9. The number of piperidine rings is 1. The van der Waals surface area contributed by atoms with E-state index < -0.39 is 0 Å². The Morgan fingerprint density at radius 1 is 1.35 bits per heavy atom. The molecule has 1 aliphatic rings. The first kappa shape index (κ1) is 27.8. The van der Waals surface area contributed by atoms with Gasteiger partial charge in [0.15, 0.2) is 17.5 Å². The molecule has 1 aromatic carbocycles. The van der Waals surface area contributed by atoms with Gasteiger partial charge in [-0.3, -0.25) is 9.69 Å². The van der Waals surface area contributed by atoms with Gasteiger partial charge < -0.3 is 20.3 Å². The fraction of sp³-hybridized carbons (Fsp3) is 0.619. The minimum atomic E-state index is -0.323. The topological polar surface area (TPSA) is 69.2 Å². The molecule has 0 atom stereocenters. The van der Waals surface area contributed by atoms with Crippen molar-refractivity contribution in [3.8, 4) is 5.75 Å². The van der Waals surface area contributed by atoms with Crippen molar-refractivity contribution < 1.29 is 13.9 Å². The number of methoxy groups -OCH3 is 1. The molecule has 1 aliphatic heterocycles. The summed E-state index contributed by atoms with van der Waals surface area (Å²) in [5, 5.41) is 6.78. The molecule has 0 unspecified atom stereocenters. The average molecular weight is 568 g/mol. The predicted octanol–water partition coefficient (Wildman–Crippen LogP) is 2.40. The fourth-order valence-electron chi connectivity index (χ4n) is 3.21. The van der Waals surface area contributed by atoms with Gasteiger partial charge in [0.2, 0.25) is 5.91 Å². The van der Waals surface area contributed by atoms with Crippen LogP contribution in [0.25, 0.3) is 0 Å². The highest BCUT2D eigenvalue weighted by Gasteiger charge is 2.20. The van der Waals surface area contributed by atoms with Crippen molar-refractivity contribution in [3.63, 3.8) is 0 Å². The lowest BCUT2D eigenvalue weighted by atomic mass is 10.0. The Balaban J connectivity index is 0.00000480. The van der Waals surface area contributed by atoms with Crippen LogP contribution >= 0.6 is 35.7 Å². The van der Waals surface area contributed by atoms with E-state index >= 15 is 0 Å². The lowest BCUT2D eigenvalue weighted by molar-refractivity contribution is -0.127. The SMILES string of the molecule is COc1ccc(CN2CCC(NC(=NCC(=O)N(C)C)NCCSC)CC2)cc1F.I. The van der Waals surface area contributed by atoms with Gasteiger partial charge in [-0.15, -0.1) is 24.0 Å². The number of likely N-dealkylation sites (N-methyl/N-ethyl adjacent to an activating group) is 1. The zero-order valence-corrected chi connectivity index (χ0v) is 22.0. The number of benzene rings is 1. The van der Waals surface area contributed by atoms with Gasteiger partial charge in [0.1, 0.15) is 6.54 Å². The van der Waals surface area contributed by atoms with Crippen LogP contribution in [0.5, 0.6) is 5.75 Å². The number of guanidine groups is 1. The lowest BCUT2D eigenvalue weighted by Crippen LogP contribution is -2.49. The van der Waals surface area contributed by atoms with Gasteiger partial charge in [0.25, 0.3) is 0 Å². The van der Waals surface area contributed by atoms with Crippen molar-refractivity contribution in [1.29, 1.82) is 0 Å². The number of likely N-dealkylation sites (tertiary alicyclic amines) is 1. The van der Waals surface area contributed by atoms with Crippen molar-refractivity contribution >= 4 is 47.6 Å². The summed E-state index contributed by atoms with van der Waals surface area (Å²) >= 11 is 1.76. The fourth-order valence-corrected chi connectivity index (χ4v) is 3.51. The van der Waals surface area contributed by atoms with Crippen molar-refractivity contribution in [2.24, 2.45) is 4.99 Å². The minimum Gasteiger partial charge on any atom is -0.494 e. The molecule has 7 nitrogen and oxygen atoms in total. The second-order valence-electron chi connectivity index (χ2n) is 7.54. The molecular weight excluding hydrogens is 532 g/mol. The van der Waals surface area contributed by atoms with Gasteiger partial charge in [0.05, 0.1) is 7.11 Å². The molecule has 31 heavy (non-hydrogen) atoms. The van der Waals surface area contributed by atoms with Crippen LogP contribution in [-0.2, 0) is 11.3 Å². The Bertz CT molecular complexity index is 715. The van der Waals surface area contributed by atoms with Crippen molar-refractivity contribution in [1.82, 2.24) is 20.4 Å². The Labute approximate surface area is 206 Å². The number of hydrogen-bond donors (Lipinski definition) is 2. The Hall–Kier alpha value is -1.27. The molecule has 0 radical (unpaired) electrons. The Morgan fingerprint density at radius 2 is 2.06 bits per heavy atom. The van der Waals surface area contributed by atoms with E-state index in [2.05, 4.69) is 26.8 Å². The normalized spacial score (nSPS) is 15.2. The molecule has 1 saturated heterocycles. The molecule has 1 heterocycles. The second kappa shape index (κ2) is 14.7. The number of amides is 1. The van der Waals surface area contributed by atoms with Crippen molar-refractivity contribution in [2.75, 3.05) is 59.4 Å². The molecular formula is C21H35FIN5O2S. The van der Waals surface area contributed by atoms with Crippen LogP contribution in [0.1, 0.15) is 18.4 Å². The lowest BCUT2D eigenvalue weighted by Gasteiger charge is -2.33. The molecule has 1 fully saturated rings. The highest BCUT2D eigenvalue weighted by Crippen LogP contribution is 2.20. The number of carbonyl (C=O) groups excluding carboxylic acids is 1. The number of carbonyl (C=O) groups is 1. The average Bonchev–Trinajstić information content (AvgIpc) is 2.73. The van der Waals surface area contributed by atoms with Gasteiger partial charge in [-0.2, -0.15) is 11.8 Å². The van der Waals surface area contributed by atoms with Crippen LogP contribution < -0.4 is 15.4 Å². The number of aliphatic imine (C=N–C) groups is 1. The molecule has 1 amide bonds. The third-order valence-corrected chi connectivity index (χ3v) is 5.63. The molecule has 0 saturated carbocycles. The summed E-state index contributed by atoms with van der Waals surface area (Å²) in [6.07, 6.45) is 3.99. The highest BCUT2D eigenvalue weighted by molar-refractivity contribution is 14.0. The van der Waals surface area contributed by atoms with E-state index in [1.54, 1.807) is 42.9 Å². The Kier molecular flexibility index (Phi) is 13.2. The number of hydrogen-bond acceptors (Lipinski definition) is 5. The van der Waals surface area contributed by atoms with Gasteiger partial charge in [-0.05, 0) is 36.8 Å². The first-order valence-electron chi connectivity index (χ1n) is 10.2. The standard InChI is InChI=1S/C21H34FN5O2S.HI/c1-26(2)20(28)14-24-21(23-9-12-30-4)25-17-7-10-27(11-8-17)15-16-5-6-19(29-3)18(22)13-16;/h5-6,13,17H,7-12,14-15H2,1-4H3,(H2,23,24,25);1H. The van der Waals surface area contributed by atoms with Crippen molar-refractivity contribution in [3.05, 3.63) is 29.6 Å². The maximum atomic E-state index is 13.9. The number of thioether (sulfide) groups is 1. The third kappa shape index (κ3) is 9.82. The molecule has 0 bridgehead atoms. The predicted molar refractivity (Wildman–Crippen MR) is 137 cm³/mol.